The van der Waals surface area contributed by atoms with Gasteiger partial charge in [-0.25, -0.2) is 0 Å². The number of methoxy groups -OCH3 is 1. The molecule has 28 heavy (non-hydrogen) atoms. The smallest absolute Gasteiger partial charge is 0.303 e. The van der Waals surface area contributed by atoms with Gasteiger partial charge in [0, 0.05) is 41.7 Å². The summed E-state index contributed by atoms with van der Waals surface area (Å²) in [5.41, 5.74) is 0. The number of rotatable bonds is 11. The van der Waals surface area contributed by atoms with E-state index >= 15 is 0 Å². The summed E-state index contributed by atoms with van der Waals surface area (Å²) in [6.07, 6.45) is -5.15. The van der Waals surface area contributed by atoms with Crippen LogP contribution >= 0.6 is 0 Å². The quantitative estimate of drug-likeness (QED) is 0.336. The lowest BCUT2D eigenvalue weighted by atomic mass is 10.0. The molecule has 11 heteroatoms. The minimum absolute atomic E-state index is 0.345. The molecule has 0 fully saturated rings. The zero-order valence-corrected chi connectivity index (χ0v) is 16.7. The molecular formula is C17H26O11. The molecule has 0 amide bonds. The Morgan fingerprint density at radius 2 is 0.929 bits per heavy atom. The Morgan fingerprint density at radius 1 is 0.571 bits per heavy atom. The lowest BCUT2D eigenvalue weighted by Crippen LogP contribution is -2.53. The summed E-state index contributed by atoms with van der Waals surface area (Å²) in [6, 6.07) is 0. The summed E-state index contributed by atoms with van der Waals surface area (Å²) in [5.74, 6) is -3.61. The van der Waals surface area contributed by atoms with Gasteiger partial charge in [0.05, 0.1) is 0 Å². The predicted octanol–water partition coefficient (Wildman–Crippen LogP) is -0.0773. The summed E-state index contributed by atoms with van der Waals surface area (Å²) < 4.78 is 30.5. The van der Waals surface area contributed by atoms with Gasteiger partial charge in [0.2, 0.25) is 0 Å². The largest absolute Gasteiger partial charge is 0.463 e. The lowest BCUT2D eigenvalue weighted by molar-refractivity contribution is -0.203. The highest BCUT2D eigenvalue weighted by molar-refractivity contribution is 5.69. The van der Waals surface area contributed by atoms with Gasteiger partial charge in [-0.1, -0.05) is 0 Å². The van der Waals surface area contributed by atoms with Crippen LogP contribution in [0, 0.1) is 0 Å². The van der Waals surface area contributed by atoms with Crippen molar-refractivity contribution in [3.8, 4) is 0 Å². The standard InChI is InChI=1S/C17H26O11/c1-9(18)24-7-14(23-6)16(27-12(4)21)17(28-13(5)22)15(26-11(3)20)8-25-10(2)19/h14-17H,7-8H2,1-6H3. The summed E-state index contributed by atoms with van der Waals surface area (Å²) in [4.78, 5) is 57.0. The molecule has 0 bridgehead atoms. The van der Waals surface area contributed by atoms with Crippen LogP contribution in [0.1, 0.15) is 34.6 Å². The summed E-state index contributed by atoms with van der Waals surface area (Å²) in [7, 11) is 1.25. The van der Waals surface area contributed by atoms with Gasteiger partial charge in [0.1, 0.15) is 19.3 Å². The lowest BCUT2D eigenvalue weighted by Gasteiger charge is -2.34. The highest BCUT2D eigenvalue weighted by Gasteiger charge is 2.43. The van der Waals surface area contributed by atoms with E-state index in [1.54, 1.807) is 0 Å². The second kappa shape index (κ2) is 12.7. The van der Waals surface area contributed by atoms with E-state index in [1.165, 1.54) is 14.0 Å². The maximum Gasteiger partial charge on any atom is 0.303 e. The number of hydrogen-bond donors (Lipinski definition) is 0. The summed E-state index contributed by atoms with van der Waals surface area (Å²) >= 11 is 0. The van der Waals surface area contributed by atoms with Crippen LogP contribution in [0.4, 0.5) is 0 Å². The molecule has 0 aliphatic heterocycles. The average Bonchev–Trinajstić information content (AvgIpc) is 2.55. The van der Waals surface area contributed by atoms with Crippen LogP contribution < -0.4 is 0 Å². The molecule has 0 aliphatic carbocycles. The van der Waals surface area contributed by atoms with Crippen molar-refractivity contribution >= 4 is 29.8 Å². The van der Waals surface area contributed by atoms with Gasteiger partial charge in [-0.15, -0.1) is 0 Å². The molecule has 0 N–H and O–H groups in total. The van der Waals surface area contributed by atoms with Crippen molar-refractivity contribution in [1.29, 1.82) is 0 Å². The predicted molar refractivity (Wildman–Crippen MR) is 90.7 cm³/mol. The zero-order chi connectivity index (χ0) is 21.9. The molecule has 0 heterocycles. The molecule has 4 unspecified atom stereocenters. The first-order valence-electron chi connectivity index (χ1n) is 8.29. The van der Waals surface area contributed by atoms with E-state index < -0.39 is 60.9 Å². The molecule has 0 saturated carbocycles. The van der Waals surface area contributed by atoms with Gasteiger partial charge in [-0.2, -0.15) is 0 Å². The Morgan fingerprint density at radius 3 is 1.25 bits per heavy atom. The van der Waals surface area contributed by atoms with Crippen LogP contribution in [0.15, 0.2) is 0 Å². The van der Waals surface area contributed by atoms with Crippen LogP contribution in [-0.2, 0) is 52.4 Å². The van der Waals surface area contributed by atoms with Crippen LogP contribution in [0.2, 0.25) is 0 Å². The molecule has 0 radical (unpaired) electrons. The van der Waals surface area contributed by atoms with Crippen molar-refractivity contribution in [3.05, 3.63) is 0 Å². The Bertz CT molecular complexity index is 571. The highest BCUT2D eigenvalue weighted by Crippen LogP contribution is 2.20. The molecule has 0 rings (SSSR count). The van der Waals surface area contributed by atoms with Crippen molar-refractivity contribution in [2.75, 3.05) is 20.3 Å². The van der Waals surface area contributed by atoms with Crippen molar-refractivity contribution < 1.29 is 52.4 Å². The van der Waals surface area contributed by atoms with Gasteiger partial charge in [0.15, 0.2) is 18.3 Å². The van der Waals surface area contributed by atoms with Crippen LogP contribution in [0.5, 0.6) is 0 Å². The topological polar surface area (TPSA) is 141 Å². The third kappa shape index (κ3) is 10.5. The van der Waals surface area contributed by atoms with E-state index in [-0.39, 0.29) is 6.61 Å². The second-order valence-electron chi connectivity index (χ2n) is 5.68. The molecule has 0 aliphatic rings. The van der Waals surface area contributed by atoms with E-state index in [1.807, 2.05) is 0 Å². The third-order valence-corrected chi connectivity index (χ3v) is 3.18. The van der Waals surface area contributed by atoms with Gasteiger partial charge in [-0.05, 0) is 0 Å². The Labute approximate surface area is 162 Å². The van der Waals surface area contributed by atoms with E-state index in [2.05, 4.69) is 0 Å². The van der Waals surface area contributed by atoms with Gasteiger partial charge >= 0.3 is 29.8 Å². The monoisotopic (exact) mass is 406 g/mol. The molecule has 4 atom stereocenters. The Kier molecular flexibility index (Phi) is 11.4. The molecule has 0 saturated heterocycles. The highest BCUT2D eigenvalue weighted by atomic mass is 16.6. The fourth-order valence-electron chi connectivity index (χ4n) is 2.20. The minimum Gasteiger partial charge on any atom is -0.463 e. The first kappa shape index (κ1) is 25.3. The van der Waals surface area contributed by atoms with Gasteiger partial charge in [-0.3, -0.25) is 24.0 Å². The van der Waals surface area contributed by atoms with Crippen LogP contribution in [-0.4, -0.2) is 74.6 Å². The number of ether oxygens (including phenoxy) is 6. The molecule has 0 aromatic heterocycles. The number of hydrogen-bond acceptors (Lipinski definition) is 11. The molecule has 11 nitrogen and oxygen atoms in total. The molecule has 0 spiro atoms. The molecule has 0 aromatic rings. The van der Waals surface area contributed by atoms with E-state index in [0.29, 0.717) is 0 Å². The SMILES string of the molecule is COC(COC(C)=O)C(OC(C)=O)C(OC(C)=O)C(COC(C)=O)OC(C)=O. The fourth-order valence-corrected chi connectivity index (χ4v) is 2.20. The third-order valence-electron chi connectivity index (χ3n) is 3.18. The minimum atomic E-state index is -1.41. The Balaban J connectivity index is 5.93. The van der Waals surface area contributed by atoms with Crippen LogP contribution in [0.25, 0.3) is 0 Å². The fraction of sp³-hybridized carbons (Fsp3) is 0.706. The van der Waals surface area contributed by atoms with E-state index in [9.17, 15) is 24.0 Å². The normalized spacial score (nSPS) is 14.6. The van der Waals surface area contributed by atoms with Crippen molar-refractivity contribution in [3.63, 3.8) is 0 Å². The first-order chi connectivity index (χ1) is 13.0. The molecular weight excluding hydrogens is 380 g/mol. The first-order valence-corrected chi connectivity index (χ1v) is 8.29. The number of carbonyl (C=O) groups excluding carboxylic acids is 5. The summed E-state index contributed by atoms with van der Waals surface area (Å²) in [5, 5.41) is 0. The second-order valence-corrected chi connectivity index (χ2v) is 5.68. The summed E-state index contributed by atoms with van der Waals surface area (Å²) in [6.45, 7) is 4.76. The maximum atomic E-state index is 11.6. The van der Waals surface area contributed by atoms with E-state index in [4.69, 9.17) is 28.4 Å². The van der Waals surface area contributed by atoms with E-state index in [0.717, 1.165) is 27.7 Å². The molecule has 0 aromatic carbocycles. The van der Waals surface area contributed by atoms with Crippen molar-refractivity contribution in [1.82, 2.24) is 0 Å². The molecule has 160 valence electrons. The Hall–Kier alpha value is -2.69. The van der Waals surface area contributed by atoms with Crippen molar-refractivity contribution in [2.45, 2.75) is 59.0 Å². The van der Waals surface area contributed by atoms with Crippen LogP contribution in [0.3, 0.4) is 0 Å². The number of esters is 5. The van der Waals surface area contributed by atoms with Crippen molar-refractivity contribution in [2.24, 2.45) is 0 Å². The van der Waals surface area contributed by atoms with Gasteiger partial charge < -0.3 is 28.4 Å². The number of carbonyl (C=O) groups is 5. The van der Waals surface area contributed by atoms with Gasteiger partial charge in [0.25, 0.3) is 0 Å². The zero-order valence-electron chi connectivity index (χ0n) is 16.7. The maximum absolute atomic E-state index is 11.6. The average molecular weight is 406 g/mol.